The lowest BCUT2D eigenvalue weighted by Crippen LogP contribution is -2.34. The van der Waals surface area contributed by atoms with Crippen LogP contribution < -0.4 is 5.73 Å². The van der Waals surface area contributed by atoms with Gasteiger partial charge in [0.2, 0.25) is 0 Å². The molecule has 1 aromatic carbocycles. The minimum atomic E-state index is -0.336. The van der Waals surface area contributed by atoms with Crippen LogP contribution in [0, 0.1) is 0 Å². The van der Waals surface area contributed by atoms with E-state index in [0.29, 0.717) is 6.04 Å². The Morgan fingerprint density at radius 1 is 1.45 bits per heavy atom. The second-order valence-electron chi connectivity index (χ2n) is 5.10. The zero-order valence-corrected chi connectivity index (χ0v) is 11.9. The summed E-state index contributed by atoms with van der Waals surface area (Å²) in [5, 5.41) is 0. The number of hydrogen-bond donors (Lipinski definition) is 1. The molecule has 1 atom stereocenters. The lowest BCUT2D eigenvalue weighted by molar-refractivity contribution is -0.134. The van der Waals surface area contributed by atoms with Crippen LogP contribution in [0.2, 0.25) is 0 Å². The summed E-state index contributed by atoms with van der Waals surface area (Å²) in [5.74, 6) is -0.336. The van der Waals surface area contributed by atoms with Gasteiger partial charge in [0, 0.05) is 25.2 Å². The summed E-state index contributed by atoms with van der Waals surface area (Å²) in [4.78, 5) is 13.5. The first-order valence-electron chi connectivity index (χ1n) is 7.02. The molecule has 1 saturated heterocycles. The molecule has 0 aromatic heterocycles. The highest BCUT2D eigenvalue weighted by Gasteiger charge is 2.22. The highest BCUT2D eigenvalue weighted by atomic mass is 16.5. The molecule has 2 N–H and O–H groups in total. The molecule has 1 aliphatic heterocycles. The molecule has 4 nitrogen and oxygen atoms in total. The molecule has 1 heterocycles. The summed E-state index contributed by atoms with van der Waals surface area (Å²) in [6.45, 7) is 2.81. The fraction of sp³-hybridized carbons (Fsp3) is 0.438. The molecule has 0 amide bonds. The first kappa shape index (κ1) is 14.8. The largest absolute Gasteiger partial charge is 0.466 e. The number of nitrogens with two attached hydrogens (primary N) is 1. The maximum atomic E-state index is 11.0. The number of ether oxygens (including phenoxy) is 1. The van der Waals surface area contributed by atoms with Gasteiger partial charge in [-0.05, 0) is 36.6 Å². The number of likely N-dealkylation sites (tertiary alicyclic amines) is 1. The number of carbonyl (C=O) groups excluding carboxylic acids is 1. The number of benzene rings is 1. The number of methoxy groups -OCH3 is 1. The Morgan fingerprint density at radius 3 is 2.85 bits per heavy atom. The van der Waals surface area contributed by atoms with Crippen LogP contribution in [0.25, 0.3) is 6.08 Å². The molecule has 0 radical (unpaired) electrons. The summed E-state index contributed by atoms with van der Waals surface area (Å²) in [5.41, 5.74) is 8.06. The van der Waals surface area contributed by atoms with E-state index in [1.54, 1.807) is 6.08 Å². The maximum absolute atomic E-state index is 11.0. The molecule has 1 aromatic rings. The molecular weight excluding hydrogens is 252 g/mol. The number of nitrogens with zero attached hydrogens (tertiary/aromatic N) is 1. The number of carbonyl (C=O) groups is 1. The highest BCUT2D eigenvalue weighted by molar-refractivity contribution is 5.86. The Kier molecular flexibility index (Phi) is 5.32. The molecule has 1 fully saturated rings. The summed E-state index contributed by atoms with van der Waals surface area (Å²) in [7, 11) is 1.37. The van der Waals surface area contributed by atoms with Crippen LogP contribution in [0.3, 0.4) is 0 Å². The van der Waals surface area contributed by atoms with Crippen molar-refractivity contribution in [3.63, 3.8) is 0 Å². The zero-order chi connectivity index (χ0) is 14.4. The lowest BCUT2D eigenvalue weighted by atomic mass is 10.1. The maximum Gasteiger partial charge on any atom is 0.330 e. The van der Waals surface area contributed by atoms with Gasteiger partial charge in [0.05, 0.1) is 7.11 Å². The monoisotopic (exact) mass is 274 g/mol. The van der Waals surface area contributed by atoms with Crippen LogP contribution in [0.5, 0.6) is 0 Å². The molecule has 0 unspecified atom stereocenters. The fourth-order valence-corrected chi connectivity index (χ4v) is 2.57. The van der Waals surface area contributed by atoms with Gasteiger partial charge in [0.1, 0.15) is 0 Å². The van der Waals surface area contributed by atoms with Crippen molar-refractivity contribution in [2.24, 2.45) is 5.73 Å². The minimum Gasteiger partial charge on any atom is -0.466 e. The molecule has 0 spiro atoms. The Bertz CT molecular complexity index is 468. The van der Waals surface area contributed by atoms with E-state index in [1.807, 2.05) is 12.1 Å². The number of esters is 1. The average Bonchev–Trinajstić information content (AvgIpc) is 2.93. The number of hydrogen-bond acceptors (Lipinski definition) is 4. The van der Waals surface area contributed by atoms with E-state index in [4.69, 9.17) is 5.73 Å². The van der Waals surface area contributed by atoms with Crippen molar-refractivity contribution < 1.29 is 9.53 Å². The molecule has 2 rings (SSSR count). The Labute approximate surface area is 120 Å². The van der Waals surface area contributed by atoms with Crippen molar-refractivity contribution in [2.75, 3.05) is 20.2 Å². The molecule has 0 bridgehead atoms. The van der Waals surface area contributed by atoms with Gasteiger partial charge in [-0.1, -0.05) is 24.3 Å². The average molecular weight is 274 g/mol. The van der Waals surface area contributed by atoms with Gasteiger partial charge in [-0.3, -0.25) is 4.90 Å². The smallest absolute Gasteiger partial charge is 0.330 e. The zero-order valence-electron chi connectivity index (χ0n) is 11.9. The Balaban J connectivity index is 1.94. The second-order valence-corrected chi connectivity index (χ2v) is 5.10. The molecule has 108 valence electrons. The van der Waals surface area contributed by atoms with Crippen molar-refractivity contribution in [1.82, 2.24) is 4.90 Å². The van der Waals surface area contributed by atoms with E-state index >= 15 is 0 Å². The third-order valence-electron chi connectivity index (χ3n) is 3.75. The van der Waals surface area contributed by atoms with Crippen LogP contribution in [0.15, 0.2) is 30.3 Å². The van der Waals surface area contributed by atoms with Gasteiger partial charge in [-0.2, -0.15) is 0 Å². The van der Waals surface area contributed by atoms with Gasteiger partial charge in [0.25, 0.3) is 0 Å². The van der Waals surface area contributed by atoms with Crippen molar-refractivity contribution >= 4 is 12.0 Å². The molecule has 4 heteroatoms. The quantitative estimate of drug-likeness (QED) is 0.657. The third kappa shape index (κ3) is 3.92. The third-order valence-corrected chi connectivity index (χ3v) is 3.75. The van der Waals surface area contributed by atoms with E-state index in [2.05, 4.69) is 21.8 Å². The van der Waals surface area contributed by atoms with Crippen LogP contribution >= 0.6 is 0 Å². The highest BCUT2D eigenvalue weighted by Crippen LogP contribution is 2.19. The van der Waals surface area contributed by atoms with E-state index in [9.17, 15) is 4.79 Å². The van der Waals surface area contributed by atoms with Gasteiger partial charge < -0.3 is 10.5 Å². The Hall–Kier alpha value is -1.65. The predicted molar refractivity (Wildman–Crippen MR) is 80.0 cm³/mol. The molecule has 0 saturated carbocycles. The van der Waals surface area contributed by atoms with Gasteiger partial charge in [-0.25, -0.2) is 4.79 Å². The van der Waals surface area contributed by atoms with Crippen LogP contribution in [-0.2, 0) is 16.1 Å². The molecular formula is C16H22N2O2. The summed E-state index contributed by atoms with van der Waals surface area (Å²) in [6, 6.07) is 8.75. The first-order chi connectivity index (χ1) is 9.72. The lowest BCUT2D eigenvalue weighted by Gasteiger charge is -2.23. The topological polar surface area (TPSA) is 55.6 Å². The van der Waals surface area contributed by atoms with Crippen LogP contribution in [-0.4, -0.2) is 37.1 Å². The van der Waals surface area contributed by atoms with Crippen molar-refractivity contribution in [2.45, 2.75) is 25.4 Å². The van der Waals surface area contributed by atoms with Crippen LogP contribution in [0.4, 0.5) is 0 Å². The summed E-state index contributed by atoms with van der Waals surface area (Å²) < 4.78 is 4.56. The number of rotatable bonds is 5. The molecule has 1 aliphatic rings. The van der Waals surface area contributed by atoms with E-state index < -0.39 is 0 Å². The first-order valence-corrected chi connectivity index (χ1v) is 7.02. The Morgan fingerprint density at radius 2 is 2.20 bits per heavy atom. The normalized spacial score (nSPS) is 19.6. The van der Waals surface area contributed by atoms with E-state index in [1.165, 1.54) is 31.6 Å². The van der Waals surface area contributed by atoms with E-state index in [0.717, 1.165) is 25.2 Å². The summed E-state index contributed by atoms with van der Waals surface area (Å²) >= 11 is 0. The van der Waals surface area contributed by atoms with Gasteiger partial charge >= 0.3 is 5.97 Å². The van der Waals surface area contributed by atoms with Crippen LogP contribution in [0.1, 0.15) is 24.0 Å². The van der Waals surface area contributed by atoms with Crippen molar-refractivity contribution in [3.05, 3.63) is 41.5 Å². The fourth-order valence-electron chi connectivity index (χ4n) is 2.57. The van der Waals surface area contributed by atoms with Crippen molar-refractivity contribution in [3.8, 4) is 0 Å². The predicted octanol–water partition coefficient (Wildman–Crippen LogP) is 1.80. The minimum absolute atomic E-state index is 0.336. The van der Waals surface area contributed by atoms with Gasteiger partial charge in [-0.15, -0.1) is 0 Å². The second kappa shape index (κ2) is 7.22. The van der Waals surface area contributed by atoms with Crippen molar-refractivity contribution in [1.29, 1.82) is 0 Å². The van der Waals surface area contributed by atoms with E-state index in [-0.39, 0.29) is 5.97 Å². The molecule has 0 aliphatic carbocycles. The molecule has 20 heavy (non-hydrogen) atoms. The standard InChI is InChI=1S/C16H22N2O2/c1-20-16(19)9-8-13-4-6-14(7-5-13)12-18-10-2-3-15(18)11-17/h4-9,15H,2-3,10-12,17H2,1H3/b9-8+/t15-/m1/s1. The SMILES string of the molecule is COC(=O)/C=C/c1ccc(CN2CCC[C@@H]2CN)cc1. The van der Waals surface area contributed by atoms with Gasteiger partial charge in [0.15, 0.2) is 0 Å². The summed E-state index contributed by atoms with van der Waals surface area (Å²) in [6.07, 6.45) is 5.63.